The number of ether oxygens (including phenoxy) is 1. The van der Waals surface area contributed by atoms with Crippen LogP contribution in [0.5, 0.6) is 0 Å². The molecule has 0 saturated carbocycles. The number of hydrogen-bond donors (Lipinski definition) is 1. The highest BCUT2D eigenvalue weighted by Gasteiger charge is 2.37. The Morgan fingerprint density at radius 3 is 2.67 bits per heavy atom. The molecule has 1 rings (SSSR count). The summed E-state index contributed by atoms with van der Waals surface area (Å²) in [5.74, 6) is -0.735. The SMILES string of the molecule is CCOC(=O)C(C)(NCCN(C)C)c1ccc(F)cc1Br. The van der Waals surface area contributed by atoms with Crippen LogP contribution < -0.4 is 5.32 Å². The summed E-state index contributed by atoms with van der Waals surface area (Å²) >= 11 is 3.33. The lowest BCUT2D eigenvalue weighted by atomic mass is 9.92. The van der Waals surface area contributed by atoms with Crippen LogP contribution in [0.2, 0.25) is 0 Å². The predicted molar refractivity (Wildman–Crippen MR) is 84.6 cm³/mol. The van der Waals surface area contributed by atoms with Crippen molar-refractivity contribution in [3.63, 3.8) is 0 Å². The van der Waals surface area contributed by atoms with Crippen LogP contribution in [0.25, 0.3) is 0 Å². The highest BCUT2D eigenvalue weighted by Crippen LogP contribution is 2.30. The summed E-state index contributed by atoms with van der Waals surface area (Å²) in [7, 11) is 3.91. The zero-order valence-electron chi connectivity index (χ0n) is 12.9. The smallest absolute Gasteiger partial charge is 0.330 e. The molecule has 0 heterocycles. The second-order valence-corrected chi connectivity index (χ2v) is 6.05. The van der Waals surface area contributed by atoms with Crippen molar-refractivity contribution in [3.05, 3.63) is 34.1 Å². The number of carbonyl (C=O) groups excluding carboxylic acids is 1. The summed E-state index contributed by atoms with van der Waals surface area (Å²) in [5.41, 5.74) is -0.375. The van der Waals surface area contributed by atoms with Gasteiger partial charge in [0.05, 0.1) is 6.61 Å². The lowest BCUT2D eigenvalue weighted by Gasteiger charge is -2.30. The molecule has 1 unspecified atom stereocenters. The van der Waals surface area contributed by atoms with Gasteiger partial charge >= 0.3 is 5.97 Å². The van der Waals surface area contributed by atoms with Crippen molar-refractivity contribution in [1.29, 1.82) is 0 Å². The molecule has 0 radical (unpaired) electrons. The summed E-state index contributed by atoms with van der Waals surface area (Å²) < 4.78 is 19.0. The Kier molecular flexibility index (Phi) is 6.77. The van der Waals surface area contributed by atoms with Gasteiger partial charge in [-0.2, -0.15) is 0 Å². The third-order valence-corrected chi connectivity index (χ3v) is 3.85. The van der Waals surface area contributed by atoms with E-state index in [4.69, 9.17) is 4.74 Å². The highest BCUT2D eigenvalue weighted by atomic mass is 79.9. The Labute approximate surface area is 133 Å². The van der Waals surface area contributed by atoms with E-state index in [-0.39, 0.29) is 11.8 Å². The van der Waals surface area contributed by atoms with E-state index in [9.17, 15) is 9.18 Å². The Bertz CT molecular complexity index is 497. The molecule has 0 amide bonds. The van der Waals surface area contributed by atoms with Crippen molar-refractivity contribution in [3.8, 4) is 0 Å². The Balaban J connectivity index is 3.08. The first-order chi connectivity index (χ1) is 9.81. The van der Waals surface area contributed by atoms with Crippen LogP contribution in [0.4, 0.5) is 4.39 Å². The second kappa shape index (κ2) is 7.87. The standard InChI is InChI=1S/C15H22BrFN2O2/c1-5-21-14(20)15(2,18-8-9-19(3)4)12-7-6-11(17)10-13(12)16/h6-7,10,18H,5,8-9H2,1-4H3. The van der Waals surface area contributed by atoms with E-state index in [1.165, 1.54) is 12.1 Å². The number of likely N-dealkylation sites (N-methyl/N-ethyl adjacent to an activating group) is 1. The quantitative estimate of drug-likeness (QED) is 0.758. The molecule has 118 valence electrons. The highest BCUT2D eigenvalue weighted by molar-refractivity contribution is 9.10. The lowest BCUT2D eigenvalue weighted by Crippen LogP contribution is -2.49. The number of nitrogens with zero attached hydrogens (tertiary/aromatic N) is 1. The van der Waals surface area contributed by atoms with Gasteiger partial charge in [0.1, 0.15) is 11.4 Å². The largest absolute Gasteiger partial charge is 0.464 e. The van der Waals surface area contributed by atoms with Gasteiger partial charge < -0.3 is 9.64 Å². The fourth-order valence-electron chi connectivity index (χ4n) is 1.98. The van der Waals surface area contributed by atoms with Crippen molar-refractivity contribution in [2.24, 2.45) is 0 Å². The molecule has 1 atom stereocenters. The van der Waals surface area contributed by atoms with E-state index in [1.807, 2.05) is 19.0 Å². The van der Waals surface area contributed by atoms with Gasteiger partial charge in [-0.15, -0.1) is 0 Å². The molecule has 0 saturated heterocycles. The van der Waals surface area contributed by atoms with Gasteiger partial charge in [0, 0.05) is 17.6 Å². The third-order valence-electron chi connectivity index (χ3n) is 3.19. The molecule has 4 nitrogen and oxygen atoms in total. The Hall–Kier alpha value is -0.980. The number of hydrogen-bond acceptors (Lipinski definition) is 4. The van der Waals surface area contributed by atoms with E-state index in [0.29, 0.717) is 23.2 Å². The van der Waals surface area contributed by atoms with E-state index in [0.717, 1.165) is 6.54 Å². The van der Waals surface area contributed by atoms with Crippen molar-refractivity contribution < 1.29 is 13.9 Å². The maximum atomic E-state index is 13.3. The Morgan fingerprint density at radius 1 is 1.48 bits per heavy atom. The minimum atomic E-state index is -1.03. The maximum absolute atomic E-state index is 13.3. The molecule has 0 aliphatic rings. The van der Waals surface area contributed by atoms with Crippen LogP contribution in [-0.2, 0) is 15.1 Å². The second-order valence-electron chi connectivity index (χ2n) is 5.20. The molecule has 0 fully saturated rings. The van der Waals surface area contributed by atoms with E-state index in [2.05, 4.69) is 21.2 Å². The number of carbonyl (C=O) groups is 1. The molecule has 21 heavy (non-hydrogen) atoms. The first kappa shape index (κ1) is 18.1. The van der Waals surface area contributed by atoms with Gasteiger partial charge in [-0.25, -0.2) is 9.18 Å². The van der Waals surface area contributed by atoms with Crippen LogP contribution in [0.3, 0.4) is 0 Å². The predicted octanol–water partition coefficient (Wildman–Crippen LogP) is 2.52. The van der Waals surface area contributed by atoms with E-state index in [1.54, 1.807) is 19.9 Å². The lowest BCUT2D eigenvalue weighted by molar-refractivity contribution is -0.151. The molecular formula is C15H22BrFN2O2. The van der Waals surface area contributed by atoms with Crippen molar-refractivity contribution in [2.75, 3.05) is 33.8 Å². The van der Waals surface area contributed by atoms with E-state index >= 15 is 0 Å². The first-order valence-electron chi connectivity index (χ1n) is 6.83. The average Bonchev–Trinajstić information content (AvgIpc) is 2.38. The number of rotatable bonds is 7. The summed E-state index contributed by atoms with van der Waals surface area (Å²) in [6.07, 6.45) is 0. The van der Waals surface area contributed by atoms with Gasteiger partial charge in [-0.3, -0.25) is 5.32 Å². The fraction of sp³-hybridized carbons (Fsp3) is 0.533. The van der Waals surface area contributed by atoms with Crippen molar-refractivity contribution in [1.82, 2.24) is 10.2 Å². The molecule has 6 heteroatoms. The molecule has 0 bridgehead atoms. The monoisotopic (exact) mass is 360 g/mol. The normalized spacial score (nSPS) is 14.0. The van der Waals surface area contributed by atoms with Crippen molar-refractivity contribution >= 4 is 21.9 Å². The van der Waals surface area contributed by atoms with Gasteiger partial charge in [0.2, 0.25) is 0 Å². The zero-order chi connectivity index (χ0) is 16.0. The first-order valence-corrected chi connectivity index (χ1v) is 7.63. The summed E-state index contributed by atoms with van der Waals surface area (Å²) in [6, 6.07) is 4.28. The van der Waals surface area contributed by atoms with Crippen LogP contribution >= 0.6 is 15.9 Å². The molecule has 0 aromatic heterocycles. The fourth-order valence-corrected chi connectivity index (χ4v) is 2.72. The molecule has 1 aromatic rings. The van der Waals surface area contributed by atoms with Crippen LogP contribution in [-0.4, -0.2) is 44.7 Å². The summed E-state index contributed by atoms with van der Waals surface area (Å²) in [5, 5.41) is 3.22. The van der Waals surface area contributed by atoms with Gasteiger partial charge in [0.25, 0.3) is 0 Å². The van der Waals surface area contributed by atoms with Gasteiger partial charge in [-0.05, 0) is 45.6 Å². The van der Waals surface area contributed by atoms with E-state index < -0.39 is 5.54 Å². The topological polar surface area (TPSA) is 41.6 Å². The average molecular weight is 361 g/mol. The summed E-state index contributed by atoms with van der Waals surface area (Å²) in [4.78, 5) is 14.4. The molecule has 1 N–H and O–H groups in total. The maximum Gasteiger partial charge on any atom is 0.330 e. The number of esters is 1. The van der Waals surface area contributed by atoms with Crippen molar-refractivity contribution in [2.45, 2.75) is 19.4 Å². The molecule has 0 spiro atoms. The van der Waals surface area contributed by atoms with Crippen LogP contribution in [0.1, 0.15) is 19.4 Å². The molecule has 1 aromatic carbocycles. The molecule has 0 aliphatic carbocycles. The minimum Gasteiger partial charge on any atom is -0.464 e. The molecular weight excluding hydrogens is 339 g/mol. The number of nitrogens with one attached hydrogen (secondary N) is 1. The minimum absolute atomic E-state index is 0.294. The summed E-state index contributed by atoms with van der Waals surface area (Å²) in [6.45, 7) is 5.18. The van der Waals surface area contributed by atoms with Crippen LogP contribution in [0.15, 0.2) is 22.7 Å². The van der Waals surface area contributed by atoms with Gasteiger partial charge in [0.15, 0.2) is 0 Å². The Morgan fingerprint density at radius 2 is 2.14 bits per heavy atom. The van der Waals surface area contributed by atoms with Crippen LogP contribution in [0, 0.1) is 5.82 Å². The zero-order valence-corrected chi connectivity index (χ0v) is 14.5. The third kappa shape index (κ3) is 4.76. The molecule has 0 aliphatic heterocycles. The number of halogens is 2. The van der Waals surface area contributed by atoms with Gasteiger partial charge in [-0.1, -0.05) is 22.0 Å². The number of benzene rings is 1.